The van der Waals surface area contributed by atoms with E-state index in [4.69, 9.17) is 0 Å². The van der Waals surface area contributed by atoms with Crippen molar-refractivity contribution in [1.82, 2.24) is 0 Å². The third-order valence-corrected chi connectivity index (χ3v) is 6.02. The molecule has 0 amide bonds. The molecule has 3 heteroatoms. The van der Waals surface area contributed by atoms with Gasteiger partial charge in [-0.15, -0.1) is 0 Å². The van der Waals surface area contributed by atoms with E-state index < -0.39 is 7.14 Å². The van der Waals surface area contributed by atoms with Crippen molar-refractivity contribution in [3.05, 3.63) is 0 Å². The Morgan fingerprint density at radius 1 is 0.609 bits per heavy atom. The van der Waals surface area contributed by atoms with Gasteiger partial charge in [-0.25, -0.2) is 0 Å². The summed E-state index contributed by atoms with van der Waals surface area (Å²) >= 11 is 0. The molecular formula is C20H41O2P. The van der Waals surface area contributed by atoms with Crippen molar-refractivity contribution in [2.75, 3.05) is 13.3 Å². The summed E-state index contributed by atoms with van der Waals surface area (Å²) in [6.07, 6.45) is 20.5. The summed E-state index contributed by atoms with van der Waals surface area (Å²) in [6, 6.07) is 0. The first-order valence-corrected chi connectivity index (χ1v) is 12.7. The van der Waals surface area contributed by atoms with Gasteiger partial charge in [0.15, 0.2) is 5.52 Å². The number of carbonyl (C=O) groups is 1. The fourth-order valence-electron chi connectivity index (χ4n) is 2.92. The maximum atomic E-state index is 11.5. The van der Waals surface area contributed by atoms with Crippen LogP contribution in [0.5, 0.6) is 0 Å². The second-order valence-electron chi connectivity index (χ2n) is 7.44. The molecule has 0 aliphatic carbocycles. The first-order chi connectivity index (χ1) is 11.0. The van der Waals surface area contributed by atoms with E-state index in [-0.39, 0.29) is 5.52 Å². The number of rotatable bonds is 17. The van der Waals surface area contributed by atoms with Crippen molar-refractivity contribution in [3.63, 3.8) is 0 Å². The van der Waals surface area contributed by atoms with Gasteiger partial charge in [0.05, 0.1) is 0 Å². The van der Waals surface area contributed by atoms with Crippen LogP contribution >= 0.6 is 7.14 Å². The van der Waals surface area contributed by atoms with Gasteiger partial charge in [0, 0.05) is 6.42 Å². The molecule has 0 rings (SSSR count). The number of carbonyl (C=O) groups excluding carboxylic acids is 1. The molecule has 0 saturated heterocycles. The largest absolute Gasteiger partial charge is 0.316 e. The van der Waals surface area contributed by atoms with Crippen molar-refractivity contribution in [1.29, 1.82) is 0 Å². The van der Waals surface area contributed by atoms with E-state index in [1.807, 2.05) is 0 Å². The standard InChI is InChI=1S/C20H41O2P/c1-4-5-6-7-8-9-10-11-12-13-14-15-16-17-18-19-20(21)23(2,3)22/h4-19H2,1-3H3. The van der Waals surface area contributed by atoms with E-state index in [1.165, 1.54) is 83.5 Å². The lowest BCUT2D eigenvalue weighted by atomic mass is 10.0. The van der Waals surface area contributed by atoms with E-state index in [9.17, 15) is 9.36 Å². The van der Waals surface area contributed by atoms with Crippen molar-refractivity contribution < 1.29 is 9.36 Å². The van der Waals surface area contributed by atoms with Crippen LogP contribution in [0.4, 0.5) is 0 Å². The Morgan fingerprint density at radius 3 is 1.22 bits per heavy atom. The average Bonchev–Trinajstić information content (AvgIpc) is 2.50. The van der Waals surface area contributed by atoms with Crippen molar-refractivity contribution in [2.24, 2.45) is 0 Å². The van der Waals surface area contributed by atoms with E-state index in [0.717, 1.165) is 12.8 Å². The van der Waals surface area contributed by atoms with E-state index >= 15 is 0 Å². The highest BCUT2D eigenvalue weighted by Crippen LogP contribution is 2.38. The summed E-state index contributed by atoms with van der Waals surface area (Å²) in [7, 11) is -2.48. The van der Waals surface area contributed by atoms with Crippen LogP contribution < -0.4 is 0 Å². The number of hydrogen-bond donors (Lipinski definition) is 0. The third-order valence-electron chi connectivity index (χ3n) is 4.59. The Kier molecular flexibility index (Phi) is 15.4. The Hall–Kier alpha value is -0.100. The molecule has 23 heavy (non-hydrogen) atoms. The number of hydrogen-bond acceptors (Lipinski definition) is 2. The van der Waals surface area contributed by atoms with Crippen LogP contribution in [0.15, 0.2) is 0 Å². The molecule has 0 saturated carbocycles. The van der Waals surface area contributed by atoms with Crippen LogP contribution in [-0.4, -0.2) is 18.9 Å². The van der Waals surface area contributed by atoms with Gasteiger partial charge in [-0.1, -0.05) is 96.8 Å². The molecule has 2 nitrogen and oxygen atoms in total. The molecule has 0 bridgehead atoms. The quantitative estimate of drug-likeness (QED) is 0.203. The molecule has 0 N–H and O–H groups in total. The monoisotopic (exact) mass is 344 g/mol. The summed E-state index contributed by atoms with van der Waals surface area (Å²) in [5, 5.41) is 0. The molecule has 0 aromatic rings. The van der Waals surface area contributed by atoms with Gasteiger partial charge < -0.3 is 4.57 Å². The second kappa shape index (κ2) is 15.4. The molecule has 0 fully saturated rings. The van der Waals surface area contributed by atoms with E-state index in [1.54, 1.807) is 13.3 Å². The average molecular weight is 345 g/mol. The topological polar surface area (TPSA) is 34.1 Å². The number of unbranched alkanes of at least 4 members (excludes halogenated alkanes) is 14. The van der Waals surface area contributed by atoms with Crippen LogP contribution in [0.1, 0.15) is 110 Å². The van der Waals surface area contributed by atoms with Crippen molar-refractivity contribution in [3.8, 4) is 0 Å². The predicted octanol–water partition coefficient (Wildman–Crippen LogP) is 7.40. The summed E-state index contributed by atoms with van der Waals surface area (Å²) in [6.45, 7) is 5.44. The van der Waals surface area contributed by atoms with Gasteiger partial charge in [-0.05, 0) is 19.8 Å². The molecule has 0 aliphatic rings. The third kappa shape index (κ3) is 16.5. The van der Waals surface area contributed by atoms with Gasteiger partial charge in [0.2, 0.25) is 0 Å². The van der Waals surface area contributed by atoms with Crippen molar-refractivity contribution in [2.45, 2.75) is 110 Å². The maximum absolute atomic E-state index is 11.5. The van der Waals surface area contributed by atoms with Gasteiger partial charge in [-0.3, -0.25) is 4.79 Å². The van der Waals surface area contributed by atoms with Crippen LogP contribution in [0.25, 0.3) is 0 Å². The fourth-order valence-corrected chi connectivity index (χ4v) is 3.61. The van der Waals surface area contributed by atoms with E-state index in [0.29, 0.717) is 6.42 Å². The molecule has 0 radical (unpaired) electrons. The minimum Gasteiger partial charge on any atom is -0.316 e. The summed E-state index contributed by atoms with van der Waals surface area (Å²) < 4.78 is 11.5. The predicted molar refractivity (Wildman–Crippen MR) is 104 cm³/mol. The lowest BCUT2D eigenvalue weighted by Crippen LogP contribution is -1.97. The van der Waals surface area contributed by atoms with E-state index in [2.05, 4.69) is 6.92 Å². The fraction of sp³-hybridized carbons (Fsp3) is 0.950. The molecule has 0 aromatic heterocycles. The summed E-state index contributed by atoms with van der Waals surface area (Å²) in [4.78, 5) is 11.5. The SMILES string of the molecule is CCCCCCCCCCCCCCCCCC(=O)P(C)(C)=O. The molecule has 0 heterocycles. The molecule has 0 spiro atoms. The lowest BCUT2D eigenvalue weighted by molar-refractivity contribution is -0.112. The minimum atomic E-state index is -2.48. The molecule has 0 aromatic carbocycles. The van der Waals surface area contributed by atoms with Crippen molar-refractivity contribution >= 4 is 12.7 Å². The highest BCUT2D eigenvalue weighted by molar-refractivity contribution is 7.79. The van der Waals surface area contributed by atoms with Crippen LogP contribution in [0, 0.1) is 0 Å². The Bertz CT molecular complexity index is 320. The van der Waals surface area contributed by atoms with Gasteiger partial charge in [-0.2, -0.15) is 0 Å². The molecule has 0 aliphatic heterocycles. The van der Waals surface area contributed by atoms with Crippen LogP contribution in [0.3, 0.4) is 0 Å². The summed E-state index contributed by atoms with van der Waals surface area (Å²) in [5.74, 6) is 0. The second-order valence-corrected chi connectivity index (χ2v) is 10.6. The van der Waals surface area contributed by atoms with Crippen LogP contribution in [-0.2, 0) is 9.36 Å². The first-order valence-electron chi connectivity index (χ1n) is 10.1. The highest BCUT2D eigenvalue weighted by atomic mass is 31.2. The Morgan fingerprint density at radius 2 is 0.913 bits per heavy atom. The lowest BCUT2D eigenvalue weighted by Gasteiger charge is -2.05. The van der Waals surface area contributed by atoms with Crippen LogP contribution in [0.2, 0.25) is 0 Å². The van der Waals surface area contributed by atoms with Gasteiger partial charge in [0.25, 0.3) is 0 Å². The Labute approximate surface area is 145 Å². The van der Waals surface area contributed by atoms with Gasteiger partial charge >= 0.3 is 0 Å². The maximum Gasteiger partial charge on any atom is 0.191 e. The van der Waals surface area contributed by atoms with Gasteiger partial charge in [0.1, 0.15) is 7.14 Å². The normalized spacial score (nSPS) is 11.8. The first kappa shape index (κ1) is 22.9. The molecule has 0 atom stereocenters. The zero-order chi connectivity index (χ0) is 17.4. The highest BCUT2D eigenvalue weighted by Gasteiger charge is 2.17. The molecule has 0 unspecified atom stereocenters. The minimum absolute atomic E-state index is 0.0211. The zero-order valence-electron chi connectivity index (χ0n) is 16.1. The Balaban J connectivity index is 3.14. The molecular weight excluding hydrogens is 303 g/mol. The molecule has 138 valence electrons. The smallest absolute Gasteiger partial charge is 0.191 e. The zero-order valence-corrected chi connectivity index (χ0v) is 17.0. The summed E-state index contributed by atoms with van der Waals surface area (Å²) in [5.41, 5.74) is -0.0211.